The Labute approximate surface area is 543 Å². The standard InChI is InChI=1S/C91H57N3/c1-3-18-57(19-4-1)70-45-38-63(61-22-15-20-59(50-61)60-21-16-23-62(51-60)65-41-48-89-83(55-65)78-32-17-31-77-72-27-9-14-35-86(72)94(89)91(77)78)52-79(70)58-36-43-69(44-37-58)93-85-34-13-11-29-74(85)82-56-67(42-49-88(82)93)90-75-30-8-7-26-71(75)80-53-64(39-46-76(80)90)66-40-47-87-81(54-66)73-28-10-12-33-84(73)92(87)68-24-5-2-6-25-68/h1-56,90H. The molecule has 1 aliphatic carbocycles. The molecule has 0 spiro atoms. The summed E-state index contributed by atoms with van der Waals surface area (Å²) in [6.07, 6.45) is 0. The molecule has 0 saturated carbocycles. The van der Waals surface area contributed by atoms with Crippen molar-refractivity contribution in [3.63, 3.8) is 0 Å². The van der Waals surface area contributed by atoms with Crippen LogP contribution in [0.1, 0.15) is 22.6 Å². The Hall–Kier alpha value is -12.3. The Balaban J connectivity index is 0.632. The first-order valence-corrected chi connectivity index (χ1v) is 32.7. The zero-order chi connectivity index (χ0) is 61.5. The van der Waals surface area contributed by atoms with Gasteiger partial charge < -0.3 is 13.5 Å². The van der Waals surface area contributed by atoms with Crippen LogP contribution in [0.3, 0.4) is 0 Å². The maximum atomic E-state index is 2.47. The SMILES string of the molecule is c1ccc(-c2ccc(-c3cccc(-c4cccc(-c5ccc6c(c5)c5cccc7c8ccccc8n6c75)c4)c3)cc2-c2ccc(-n3c4ccccc4c4cc(C5c6ccccc6-c6cc(-c7ccc8c(c7)c7ccccc7n8-c7ccccc7)ccc65)ccc43)cc2)cc1. The molecule has 1 atom stereocenters. The molecule has 3 nitrogen and oxygen atoms in total. The first-order valence-electron chi connectivity index (χ1n) is 32.7. The van der Waals surface area contributed by atoms with Gasteiger partial charge in [0.25, 0.3) is 0 Å². The lowest BCUT2D eigenvalue weighted by Gasteiger charge is -2.16. The van der Waals surface area contributed by atoms with Crippen LogP contribution in [0.5, 0.6) is 0 Å². The lowest BCUT2D eigenvalue weighted by Crippen LogP contribution is -2.00. The van der Waals surface area contributed by atoms with Crippen molar-refractivity contribution in [2.45, 2.75) is 5.92 Å². The normalized spacial score (nSPS) is 13.0. The van der Waals surface area contributed by atoms with E-state index in [0.717, 1.165) is 5.69 Å². The molecule has 15 aromatic carbocycles. The van der Waals surface area contributed by atoms with Gasteiger partial charge in [-0.2, -0.15) is 0 Å². The van der Waals surface area contributed by atoms with E-state index in [1.54, 1.807) is 0 Å². The monoisotopic (exact) mass is 1190 g/mol. The molecule has 94 heavy (non-hydrogen) atoms. The molecule has 0 amide bonds. The van der Waals surface area contributed by atoms with Crippen LogP contribution < -0.4 is 0 Å². The molecule has 436 valence electrons. The highest BCUT2D eigenvalue weighted by molar-refractivity contribution is 6.23. The number of nitrogens with zero attached hydrogens (tertiary/aromatic N) is 3. The number of aromatic nitrogens is 3. The zero-order valence-electron chi connectivity index (χ0n) is 51.3. The van der Waals surface area contributed by atoms with E-state index >= 15 is 0 Å². The molecule has 1 unspecified atom stereocenters. The summed E-state index contributed by atoms with van der Waals surface area (Å²) < 4.78 is 7.29. The summed E-state index contributed by atoms with van der Waals surface area (Å²) >= 11 is 0. The fourth-order valence-corrected chi connectivity index (χ4v) is 16.2. The minimum Gasteiger partial charge on any atom is -0.309 e. The molecule has 4 heterocycles. The Bertz CT molecular complexity index is 6280. The van der Waals surface area contributed by atoms with Crippen LogP contribution in [0.4, 0.5) is 0 Å². The van der Waals surface area contributed by atoms with E-state index in [4.69, 9.17) is 0 Å². The van der Waals surface area contributed by atoms with Gasteiger partial charge in [0.15, 0.2) is 0 Å². The largest absolute Gasteiger partial charge is 0.309 e. The quantitative estimate of drug-likeness (QED) is 0.137. The second-order valence-corrected chi connectivity index (χ2v) is 25.5. The molecule has 19 aromatic rings. The van der Waals surface area contributed by atoms with E-state index in [0.29, 0.717) is 0 Å². The van der Waals surface area contributed by atoms with Gasteiger partial charge >= 0.3 is 0 Å². The summed E-state index contributed by atoms with van der Waals surface area (Å²) in [5, 5.41) is 10.2. The zero-order valence-corrected chi connectivity index (χ0v) is 51.3. The van der Waals surface area contributed by atoms with E-state index in [1.165, 1.54) is 182 Å². The first kappa shape index (κ1) is 52.5. The molecule has 0 radical (unpaired) electrons. The van der Waals surface area contributed by atoms with E-state index in [9.17, 15) is 0 Å². The van der Waals surface area contributed by atoms with Crippen molar-refractivity contribution in [1.82, 2.24) is 13.5 Å². The van der Waals surface area contributed by atoms with Crippen LogP contribution in [0.2, 0.25) is 0 Å². The minimum atomic E-state index is 0.0926. The van der Waals surface area contributed by atoms with Crippen LogP contribution in [-0.2, 0) is 0 Å². The van der Waals surface area contributed by atoms with Crippen molar-refractivity contribution in [3.8, 4) is 89.3 Å². The summed E-state index contributed by atoms with van der Waals surface area (Å²) in [7, 11) is 0. The summed E-state index contributed by atoms with van der Waals surface area (Å²) in [5.74, 6) is 0.0926. The summed E-state index contributed by atoms with van der Waals surface area (Å²) in [6.45, 7) is 0. The molecular weight excluding hydrogens is 1140 g/mol. The van der Waals surface area contributed by atoms with Crippen LogP contribution >= 0.6 is 0 Å². The third-order valence-electron chi connectivity index (χ3n) is 20.5. The van der Waals surface area contributed by atoms with E-state index in [-0.39, 0.29) is 5.92 Å². The molecule has 0 saturated heterocycles. The summed E-state index contributed by atoms with van der Waals surface area (Å²) in [5.41, 5.74) is 31.9. The van der Waals surface area contributed by atoms with Crippen molar-refractivity contribution >= 4 is 81.7 Å². The van der Waals surface area contributed by atoms with Gasteiger partial charge in [0.1, 0.15) is 0 Å². The Kier molecular flexibility index (Phi) is 11.5. The van der Waals surface area contributed by atoms with Crippen LogP contribution in [0, 0.1) is 0 Å². The first-order chi connectivity index (χ1) is 46.6. The predicted octanol–water partition coefficient (Wildman–Crippen LogP) is 24.2. The second-order valence-electron chi connectivity index (χ2n) is 25.5. The third kappa shape index (κ3) is 7.98. The lowest BCUT2D eigenvalue weighted by molar-refractivity contribution is 1.02. The van der Waals surface area contributed by atoms with E-state index < -0.39 is 0 Å². The Morgan fingerprint density at radius 3 is 1.26 bits per heavy atom. The fourth-order valence-electron chi connectivity index (χ4n) is 16.2. The van der Waals surface area contributed by atoms with Gasteiger partial charge in [0.05, 0.1) is 38.6 Å². The number of fused-ring (bicyclic) bond motifs is 15. The molecule has 0 fully saturated rings. The second kappa shape index (κ2) is 20.6. The number of benzene rings is 15. The van der Waals surface area contributed by atoms with Crippen LogP contribution in [0.15, 0.2) is 340 Å². The van der Waals surface area contributed by atoms with Gasteiger partial charge in [-0.25, -0.2) is 0 Å². The molecule has 1 aliphatic rings. The van der Waals surface area contributed by atoms with Crippen molar-refractivity contribution in [3.05, 3.63) is 356 Å². The topological polar surface area (TPSA) is 14.3 Å². The van der Waals surface area contributed by atoms with Gasteiger partial charge in [-0.15, -0.1) is 0 Å². The van der Waals surface area contributed by atoms with Gasteiger partial charge in [0, 0.05) is 60.4 Å². The number of hydrogen-bond donors (Lipinski definition) is 0. The number of rotatable bonds is 9. The van der Waals surface area contributed by atoms with Crippen LogP contribution in [-0.4, -0.2) is 13.5 Å². The molecule has 3 heteroatoms. The molecule has 0 aliphatic heterocycles. The smallest absolute Gasteiger partial charge is 0.0620 e. The average molecular weight is 1190 g/mol. The van der Waals surface area contributed by atoms with Gasteiger partial charge in [-0.05, 0) is 198 Å². The van der Waals surface area contributed by atoms with E-state index in [1.807, 2.05) is 0 Å². The highest BCUT2D eigenvalue weighted by atomic mass is 15.0. The van der Waals surface area contributed by atoms with Crippen molar-refractivity contribution < 1.29 is 0 Å². The molecule has 20 rings (SSSR count). The van der Waals surface area contributed by atoms with Crippen LogP contribution in [0.25, 0.3) is 171 Å². The Morgan fingerprint density at radius 2 is 0.585 bits per heavy atom. The van der Waals surface area contributed by atoms with Gasteiger partial charge in [-0.1, -0.05) is 237 Å². The molecule has 0 bridgehead atoms. The minimum absolute atomic E-state index is 0.0926. The maximum Gasteiger partial charge on any atom is 0.0620 e. The third-order valence-corrected chi connectivity index (χ3v) is 20.5. The average Bonchev–Trinajstić information content (AvgIpc) is 1.55. The summed E-state index contributed by atoms with van der Waals surface area (Å²) in [4.78, 5) is 0. The number of hydrogen-bond acceptors (Lipinski definition) is 0. The predicted molar refractivity (Wildman–Crippen MR) is 395 cm³/mol. The van der Waals surface area contributed by atoms with Gasteiger partial charge in [-0.3, -0.25) is 0 Å². The van der Waals surface area contributed by atoms with Crippen molar-refractivity contribution in [2.24, 2.45) is 0 Å². The number of para-hydroxylation sites is 5. The lowest BCUT2D eigenvalue weighted by atomic mass is 9.88. The molecule has 4 aromatic heterocycles. The highest BCUT2D eigenvalue weighted by Crippen LogP contribution is 2.51. The summed E-state index contributed by atoms with van der Waals surface area (Å²) in [6, 6.07) is 127. The fraction of sp³-hybridized carbons (Fsp3) is 0.0110. The Morgan fingerprint density at radius 1 is 0.191 bits per heavy atom. The molecule has 0 N–H and O–H groups in total. The highest BCUT2D eigenvalue weighted by Gasteiger charge is 2.31. The molecular formula is C91H57N3. The maximum absolute atomic E-state index is 2.47. The van der Waals surface area contributed by atoms with E-state index in [2.05, 4.69) is 353 Å². The van der Waals surface area contributed by atoms with Gasteiger partial charge in [0.2, 0.25) is 0 Å². The van der Waals surface area contributed by atoms with Crippen molar-refractivity contribution in [2.75, 3.05) is 0 Å². The van der Waals surface area contributed by atoms with Crippen molar-refractivity contribution in [1.29, 1.82) is 0 Å².